The van der Waals surface area contributed by atoms with Crippen LogP contribution in [0.15, 0.2) is 77.3 Å². The second-order valence-corrected chi connectivity index (χ2v) is 9.10. The Hall–Kier alpha value is -3.12. The quantitative estimate of drug-likeness (QED) is 0.265. The van der Waals surface area contributed by atoms with Gasteiger partial charge in [-0.2, -0.15) is 0 Å². The molecule has 0 bridgehead atoms. The molecule has 1 amide bonds. The van der Waals surface area contributed by atoms with E-state index in [0.29, 0.717) is 12.2 Å². The first kappa shape index (κ1) is 23.1. The summed E-state index contributed by atoms with van der Waals surface area (Å²) in [5.74, 6) is 1.66. The fourth-order valence-electron chi connectivity index (χ4n) is 3.87. The van der Waals surface area contributed by atoms with Gasteiger partial charge in [0.2, 0.25) is 0 Å². The zero-order valence-electron chi connectivity index (χ0n) is 18.9. The Morgan fingerprint density at radius 3 is 2.64 bits per heavy atom. The summed E-state index contributed by atoms with van der Waals surface area (Å²) in [6.07, 6.45) is 1.88. The Kier molecular flexibility index (Phi) is 7.45. The third-order valence-electron chi connectivity index (χ3n) is 5.56. The highest BCUT2D eigenvalue weighted by Crippen LogP contribution is 2.22. The summed E-state index contributed by atoms with van der Waals surface area (Å²) in [6, 6.07) is 23.4. The molecule has 1 unspecified atom stereocenters. The van der Waals surface area contributed by atoms with Crippen molar-refractivity contribution in [3.05, 3.63) is 94.2 Å². The number of unbranched alkanes of at least 4 members (excludes halogenated alkanes) is 1. The van der Waals surface area contributed by atoms with Crippen molar-refractivity contribution >= 4 is 32.9 Å². The van der Waals surface area contributed by atoms with E-state index >= 15 is 0 Å². The molecule has 0 aliphatic carbocycles. The molecule has 5 nitrogen and oxygen atoms in total. The van der Waals surface area contributed by atoms with Crippen LogP contribution in [0.1, 0.15) is 47.6 Å². The third-order valence-corrected chi connectivity index (χ3v) is 6.09. The Morgan fingerprint density at radius 2 is 1.85 bits per heavy atom. The van der Waals surface area contributed by atoms with Crippen molar-refractivity contribution < 1.29 is 9.53 Å². The highest BCUT2D eigenvalue weighted by Gasteiger charge is 2.19. The summed E-state index contributed by atoms with van der Waals surface area (Å²) < 4.78 is 9.06. The lowest BCUT2D eigenvalue weighted by atomic mass is 10.2. The lowest BCUT2D eigenvalue weighted by Crippen LogP contribution is -2.28. The van der Waals surface area contributed by atoms with Crippen LogP contribution in [-0.2, 0) is 6.54 Å². The smallest absolute Gasteiger partial charge is 0.251 e. The maximum Gasteiger partial charge on any atom is 0.251 e. The molecule has 1 atom stereocenters. The van der Waals surface area contributed by atoms with Gasteiger partial charge in [-0.3, -0.25) is 4.79 Å². The van der Waals surface area contributed by atoms with E-state index in [-0.39, 0.29) is 11.9 Å². The number of nitrogens with one attached hydrogen (secondary N) is 1. The van der Waals surface area contributed by atoms with E-state index in [4.69, 9.17) is 9.72 Å². The number of halogens is 1. The second-order valence-electron chi connectivity index (χ2n) is 8.18. The molecule has 6 heteroatoms. The molecule has 1 N–H and O–H groups in total. The van der Waals surface area contributed by atoms with Crippen molar-refractivity contribution in [2.24, 2.45) is 0 Å². The average Bonchev–Trinajstić information content (AvgIpc) is 3.18. The minimum Gasteiger partial charge on any atom is -0.494 e. The molecular formula is C27H28BrN3O2. The number of rotatable bonds is 9. The van der Waals surface area contributed by atoms with Gasteiger partial charge in [-0.25, -0.2) is 4.98 Å². The number of aryl methyl sites for hydroxylation is 2. The summed E-state index contributed by atoms with van der Waals surface area (Å²) >= 11 is 3.41. The second kappa shape index (κ2) is 10.7. The molecule has 0 fully saturated rings. The topological polar surface area (TPSA) is 56.1 Å². The molecule has 1 heterocycles. The van der Waals surface area contributed by atoms with E-state index in [0.717, 1.165) is 46.5 Å². The van der Waals surface area contributed by atoms with Gasteiger partial charge in [-0.05, 0) is 80.8 Å². The first-order chi connectivity index (χ1) is 16.0. The number of nitrogens with zero attached hydrogens (tertiary/aromatic N) is 2. The number of ether oxygens (including phenoxy) is 1. The molecule has 1 aromatic heterocycles. The highest BCUT2D eigenvalue weighted by molar-refractivity contribution is 9.10. The Balaban J connectivity index is 1.42. The number of imidazole rings is 1. The third kappa shape index (κ3) is 5.82. The van der Waals surface area contributed by atoms with E-state index in [2.05, 4.69) is 50.9 Å². The predicted molar refractivity (Wildman–Crippen MR) is 136 cm³/mol. The molecule has 0 radical (unpaired) electrons. The number of hydrogen-bond acceptors (Lipinski definition) is 3. The van der Waals surface area contributed by atoms with Gasteiger partial charge in [0.25, 0.3) is 5.91 Å². The van der Waals surface area contributed by atoms with Crippen molar-refractivity contribution in [3.63, 3.8) is 0 Å². The molecule has 0 spiro atoms. The number of carbonyl (C=O) groups excluding carboxylic acids is 1. The molecular weight excluding hydrogens is 478 g/mol. The molecule has 0 aliphatic rings. The van der Waals surface area contributed by atoms with Crippen LogP contribution >= 0.6 is 15.9 Å². The molecule has 3 aromatic carbocycles. The highest BCUT2D eigenvalue weighted by atomic mass is 79.9. The van der Waals surface area contributed by atoms with Crippen molar-refractivity contribution in [1.82, 2.24) is 14.9 Å². The fraction of sp³-hybridized carbons (Fsp3) is 0.259. The summed E-state index contributed by atoms with van der Waals surface area (Å²) in [5, 5.41) is 3.10. The monoisotopic (exact) mass is 505 g/mol. The van der Waals surface area contributed by atoms with Crippen molar-refractivity contribution in [2.75, 3.05) is 6.61 Å². The van der Waals surface area contributed by atoms with E-state index in [9.17, 15) is 4.79 Å². The van der Waals surface area contributed by atoms with Gasteiger partial charge in [0, 0.05) is 16.6 Å². The van der Waals surface area contributed by atoms with Crippen molar-refractivity contribution in [2.45, 2.75) is 39.3 Å². The molecule has 0 saturated carbocycles. The maximum atomic E-state index is 12.7. The molecule has 4 aromatic rings. The predicted octanol–water partition coefficient (Wildman–Crippen LogP) is 6.46. The fourth-order valence-corrected chi connectivity index (χ4v) is 4.14. The van der Waals surface area contributed by atoms with Crippen LogP contribution in [0.25, 0.3) is 11.0 Å². The first-order valence-electron chi connectivity index (χ1n) is 11.2. The molecule has 4 rings (SSSR count). The lowest BCUT2D eigenvalue weighted by Gasteiger charge is -2.17. The van der Waals surface area contributed by atoms with Gasteiger partial charge in [0.05, 0.1) is 23.7 Å². The number of para-hydroxylation sites is 2. The molecule has 0 aliphatic heterocycles. The van der Waals surface area contributed by atoms with Crippen molar-refractivity contribution in [1.29, 1.82) is 0 Å². The van der Waals surface area contributed by atoms with Gasteiger partial charge < -0.3 is 14.6 Å². The van der Waals surface area contributed by atoms with Gasteiger partial charge in [0.1, 0.15) is 11.6 Å². The lowest BCUT2D eigenvalue weighted by molar-refractivity contribution is 0.0937. The van der Waals surface area contributed by atoms with E-state index in [1.54, 1.807) is 0 Å². The Morgan fingerprint density at radius 1 is 1.06 bits per heavy atom. The number of amides is 1. The Labute approximate surface area is 202 Å². The van der Waals surface area contributed by atoms with Crippen molar-refractivity contribution in [3.8, 4) is 5.75 Å². The Bertz CT molecular complexity index is 1230. The van der Waals surface area contributed by atoms with E-state index in [1.807, 2.05) is 61.5 Å². The standard InChI is InChI=1S/C27H28BrN3O2/c1-19-8-7-9-23(18-19)33-17-6-5-16-31-25-11-4-3-10-24(25)30-26(31)20(2)29-27(32)21-12-14-22(28)15-13-21/h3-4,7-15,18,20H,5-6,16-17H2,1-2H3,(H,29,32). The van der Waals surface area contributed by atoms with Crippen LogP contribution in [0.3, 0.4) is 0 Å². The first-order valence-corrected chi connectivity index (χ1v) is 12.0. The van der Waals surface area contributed by atoms with Gasteiger partial charge in [-0.1, -0.05) is 40.2 Å². The van der Waals surface area contributed by atoms with Gasteiger partial charge in [0.15, 0.2) is 0 Å². The SMILES string of the molecule is Cc1cccc(OCCCCn2c(C(C)NC(=O)c3ccc(Br)cc3)nc3ccccc32)c1. The van der Waals surface area contributed by atoms with Crippen LogP contribution in [0.5, 0.6) is 5.75 Å². The molecule has 170 valence electrons. The van der Waals surface area contributed by atoms with Gasteiger partial charge >= 0.3 is 0 Å². The minimum absolute atomic E-state index is 0.111. The van der Waals surface area contributed by atoms with Crippen LogP contribution in [-0.4, -0.2) is 22.1 Å². The number of carbonyl (C=O) groups is 1. The summed E-state index contributed by atoms with van der Waals surface area (Å²) in [6.45, 7) is 5.53. The average molecular weight is 506 g/mol. The zero-order chi connectivity index (χ0) is 23.2. The summed E-state index contributed by atoms with van der Waals surface area (Å²) in [4.78, 5) is 17.6. The van der Waals surface area contributed by atoms with Crippen LogP contribution in [0.4, 0.5) is 0 Å². The number of hydrogen-bond donors (Lipinski definition) is 1. The molecule has 33 heavy (non-hydrogen) atoms. The largest absolute Gasteiger partial charge is 0.494 e. The van der Waals surface area contributed by atoms with Gasteiger partial charge in [-0.15, -0.1) is 0 Å². The summed E-state index contributed by atoms with van der Waals surface area (Å²) in [7, 11) is 0. The van der Waals surface area contributed by atoms with E-state index in [1.165, 1.54) is 5.56 Å². The van der Waals surface area contributed by atoms with Crippen LogP contribution in [0.2, 0.25) is 0 Å². The maximum absolute atomic E-state index is 12.7. The van der Waals surface area contributed by atoms with Crippen LogP contribution < -0.4 is 10.1 Å². The minimum atomic E-state index is -0.225. The molecule has 0 saturated heterocycles. The number of fused-ring (bicyclic) bond motifs is 1. The van der Waals surface area contributed by atoms with E-state index < -0.39 is 0 Å². The normalized spacial score (nSPS) is 12.0. The van der Waals surface area contributed by atoms with Crippen LogP contribution in [0, 0.1) is 6.92 Å². The summed E-state index contributed by atoms with van der Waals surface area (Å²) in [5.41, 5.74) is 3.84. The zero-order valence-corrected chi connectivity index (χ0v) is 20.5. The number of aromatic nitrogens is 2. The number of benzene rings is 3.